The third-order valence-corrected chi connectivity index (χ3v) is 1.68. The number of aliphatic imine (C=N–C) groups is 1. The van der Waals surface area contributed by atoms with Crippen molar-refractivity contribution in [1.29, 1.82) is 0 Å². The molecule has 1 heterocycles. The summed E-state index contributed by atoms with van der Waals surface area (Å²) in [7, 11) is 3.54. The van der Waals surface area contributed by atoms with Crippen molar-refractivity contribution < 1.29 is 0 Å². The van der Waals surface area contributed by atoms with Crippen LogP contribution in [0.25, 0.3) is 0 Å². The Balaban J connectivity index is 2.96. The van der Waals surface area contributed by atoms with Gasteiger partial charge < -0.3 is 5.32 Å². The first-order valence-corrected chi connectivity index (χ1v) is 3.92. The van der Waals surface area contributed by atoms with Crippen LogP contribution >= 0.6 is 11.6 Å². The molecule has 4 heteroatoms. The molecule has 0 aliphatic heterocycles. The van der Waals surface area contributed by atoms with Crippen molar-refractivity contribution >= 4 is 17.4 Å². The highest BCUT2D eigenvalue weighted by Crippen LogP contribution is 2.04. The van der Waals surface area contributed by atoms with Crippen LogP contribution in [0.15, 0.2) is 23.3 Å². The fraction of sp³-hybridized carbons (Fsp3) is 0.250. The van der Waals surface area contributed by atoms with Crippen LogP contribution in [0.5, 0.6) is 0 Å². The number of rotatable bonds is 1. The molecule has 0 unspecified atom stereocenters. The van der Waals surface area contributed by atoms with Gasteiger partial charge in [0.15, 0.2) is 0 Å². The van der Waals surface area contributed by atoms with Crippen molar-refractivity contribution in [2.75, 3.05) is 14.1 Å². The van der Waals surface area contributed by atoms with Gasteiger partial charge in [-0.25, -0.2) is 4.98 Å². The second kappa shape index (κ2) is 4.07. The van der Waals surface area contributed by atoms with Gasteiger partial charge in [0, 0.05) is 25.9 Å². The lowest BCUT2D eigenvalue weighted by molar-refractivity contribution is 1.14. The fourth-order valence-electron chi connectivity index (χ4n) is 0.901. The van der Waals surface area contributed by atoms with Crippen molar-refractivity contribution in [3.05, 3.63) is 29.0 Å². The highest BCUT2D eigenvalue weighted by atomic mass is 35.5. The number of nitrogens with one attached hydrogen (secondary N) is 1. The second-order valence-electron chi connectivity index (χ2n) is 2.19. The highest BCUT2D eigenvalue weighted by molar-refractivity contribution is 6.29. The minimum Gasteiger partial charge on any atom is -0.373 e. The van der Waals surface area contributed by atoms with Gasteiger partial charge in [0.2, 0.25) is 0 Å². The van der Waals surface area contributed by atoms with E-state index in [0.717, 1.165) is 11.4 Å². The monoisotopic (exact) mass is 183 g/mol. The summed E-state index contributed by atoms with van der Waals surface area (Å²) in [5, 5.41) is 3.45. The molecule has 0 aromatic carbocycles. The van der Waals surface area contributed by atoms with E-state index in [9.17, 15) is 0 Å². The molecule has 0 bridgehead atoms. The maximum Gasteiger partial charge on any atom is 0.129 e. The minimum atomic E-state index is 0.491. The number of pyridine rings is 1. The van der Waals surface area contributed by atoms with Crippen LogP contribution in [0.4, 0.5) is 0 Å². The predicted molar refractivity (Wildman–Crippen MR) is 50.8 cm³/mol. The van der Waals surface area contributed by atoms with Crippen molar-refractivity contribution in [2.24, 2.45) is 4.99 Å². The summed E-state index contributed by atoms with van der Waals surface area (Å²) >= 11 is 5.63. The zero-order valence-electron chi connectivity index (χ0n) is 7.00. The van der Waals surface area contributed by atoms with Crippen molar-refractivity contribution in [1.82, 2.24) is 10.3 Å². The SMILES string of the molecule is CN=C(NC)c1ccc(Cl)nc1. The van der Waals surface area contributed by atoms with Gasteiger partial charge in [-0.15, -0.1) is 0 Å². The van der Waals surface area contributed by atoms with Crippen LogP contribution in [0.3, 0.4) is 0 Å². The predicted octanol–water partition coefficient (Wildman–Crippen LogP) is 1.33. The quantitative estimate of drug-likeness (QED) is 0.405. The van der Waals surface area contributed by atoms with E-state index in [2.05, 4.69) is 15.3 Å². The third kappa shape index (κ3) is 1.95. The molecule has 1 aromatic heterocycles. The standard InChI is InChI=1S/C8H10ClN3/c1-10-8(11-2)6-3-4-7(9)12-5-6/h3-5H,1-2H3,(H,10,11). The molecule has 0 saturated heterocycles. The topological polar surface area (TPSA) is 37.3 Å². The molecule has 0 radical (unpaired) electrons. The van der Waals surface area contributed by atoms with Crippen LogP contribution in [-0.2, 0) is 0 Å². The molecule has 1 N–H and O–H groups in total. The molecule has 0 amide bonds. The molecule has 0 spiro atoms. The summed E-state index contributed by atoms with van der Waals surface area (Å²) in [5.74, 6) is 0.805. The first-order valence-electron chi connectivity index (χ1n) is 3.54. The smallest absolute Gasteiger partial charge is 0.129 e. The lowest BCUT2D eigenvalue weighted by Crippen LogP contribution is -2.19. The Hall–Kier alpha value is -1.09. The Kier molecular flexibility index (Phi) is 3.05. The van der Waals surface area contributed by atoms with Crippen LogP contribution < -0.4 is 5.32 Å². The minimum absolute atomic E-state index is 0.491. The summed E-state index contributed by atoms with van der Waals surface area (Å²) in [6, 6.07) is 3.60. The molecule has 0 atom stereocenters. The number of nitrogens with zero attached hydrogens (tertiary/aromatic N) is 2. The van der Waals surface area contributed by atoms with Crippen molar-refractivity contribution in [3.8, 4) is 0 Å². The number of hydrogen-bond donors (Lipinski definition) is 1. The summed E-state index contributed by atoms with van der Waals surface area (Å²) in [6.45, 7) is 0. The fourth-order valence-corrected chi connectivity index (χ4v) is 1.01. The van der Waals surface area contributed by atoms with Crippen LogP contribution in [0.2, 0.25) is 5.15 Å². The summed E-state index contributed by atoms with van der Waals surface area (Å²) < 4.78 is 0. The van der Waals surface area contributed by atoms with E-state index in [4.69, 9.17) is 11.6 Å². The van der Waals surface area contributed by atoms with Gasteiger partial charge in [0.25, 0.3) is 0 Å². The Bertz CT molecular complexity index is 279. The normalized spacial score (nSPS) is 11.4. The average Bonchev–Trinajstić information content (AvgIpc) is 2.10. The lowest BCUT2D eigenvalue weighted by atomic mass is 10.2. The van der Waals surface area contributed by atoms with Crippen LogP contribution in [0, 0.1) is 0 Å². The van der Waals surface area contributed by atoms with E-state index in [0.29, 0.717) is 5.15 Å². The number of halogens is 1. The van der Waals surface area contributed by atoms with E-state index in [1.807, 2.05) is 13.1 Å². The lowest BCUT2D eigenvalue weighted by Gasteiger charge is -2.03. The summed E-state index contributed by atoms with van der Waals surface area (Å²) in [5.41, 5.74) is 0.935. The molecule has 0 saturated carbocycles. The molecule has 0 aliphatic rings. The number of hydrogen-bond acceptors (Lipinski definition) is 2. The molecule has 3 nitrogen and oxygen atoms in total. The van der Waals surface area contributed by atoms with Gasteiger partial charge in [-0.05, 0) is 12.1 Å². The molecule has 64 valence electrons. The molecule has 12 heavy (non-hydrogen) atoms. The molecular formula is C8H10ClN3. The van der Waals surface area contributed by atoms with E-state index < -0.39 is 0 Å². The Morgan fingerprint density at radius 1 is 1.58 bits per heavy atom. The maximum atomic E-state index is 5.63. The van der Waals surface area contributed by atoms with E-state index in [-0.39, 0.29) is 0 Å². The van der Waals surface area contributed by atoms with Gasteiger partial charge in [0.05, 0.1) is 0 Å². The highest BCUT2D eigenvalue weighted by Gasteiger charge is 1.98. The molecule has 0 aliphatic carbocycles. The first kappa shape index (κ1) is 9.00. The second-order valence-corrected chi connectivity index (χ2v) is 2.58. The molecule has 1 aromatic rings. The van der Waals surface area contributed by atoms with Gasteiger partial charge in [0.1, 0.15) is 11.0 Å². The Labute approximate surface area is 76.5 Å². The van der Waals surface area contributed by atoms with Crippen LogP contribution in [-0.4, -0.2) is 24.9 Å². The number of amidine groups is 1. The number of aromatic nitrogens is 1. The zero-order valence-corrected chi connectivity index (χ0v) is 7.76. The Morgan fingerprint density at radius 2 is 2.33 bits per heavy atom. The molecular weight excluding hydrogens is 174 g/mol. The Morgan fingerprint density at radius 3 is 2.75 bits per heavy atom. The van der Waals surface area contributed by atoms with E-state index in [1.54, 1.807) is 19.3 Å². The molecule has 0 fully saturated rings. The van der Waals surface area contributed by atoms with Gasteiger partial charge in [-0.3, -0.25) is 4.99 Å². The van der Waals surface area contributed by atoms with E-state index in [1.165, 1.54) is 0 Å². The average molecular weight is 184 g/mol. The third-order valence-electron chi connectivity index (χ3n) is 1.46. The van der Waals surface area contributed by atoms with Gasteiger partial charge >= 0.3 is 0 Å². The van der Waals surface area contributed by atoms with Gasteiger partial charge in [-0.2, -0.15) is 0 Å². The largest absolute Gasteiger partial charge is 0.373 e. The van der Waals surface area contributed by atoms with Gasteiger partial charge in [-0.1, -0.05) is 11.6 Å². The van der Waals surface area contributed by atoms with Crippen molar-refractivity contribution in [2.45, 2.75) is 0 Å². The molecule has 1 rings (SSSR count). The summed E-state index contributed by atoms with van der Waals surface area (Å²) in [4.78, 5) is 7.97. The van der Waals surface area contributed by atoms with E-state index >= 15 is 0 Å². The zero-order chi connectivity index (χ0) is 8.97. The van der Waals surface area contributed by atoms with Crippen LogP contribution in [0.1, 0.15) is 5.56 Å². The summed E-state index contributed by atoms with van der Waals surface area (Å²) in [6.07, 6.45) is 1.68. The maximum absolute atomic E-state index is 5.63. The first-order chi connectivity index (χ1) is 5.77. The van der Waals surface area contributed by atoms with Crippen molar-refractivity contribution in [3.63, 3.8) is 0 Å².